The maximum atomic E-state index is 12.0. The third-order valence-corrected chi connectivity index (χ3v) is 3.61. The second-order valence-corrected chi connectivity index (χ2v) is 5.29. The number of hydrogen-bond acceptors (Lipinski definition) is 4. The van der Waals surface area contributed by atoms with Crippen LogP contribution in [0.15, 0.2) is 35.7 Å². The van der Waals surface area contributed by atoms with Crippen molar-refractivity contribution < 1.29 is 14.7 Å². The van der Waals surface area contributed by atoms with Gasteiger partial charge in [0.2, 0.25) is 5.91 Å². The van der Waals surface area contributed by atoms with Gasteiger partial charge >= 0.3 is 5.97 Å². The predicted octanol–water partition coefficient (Wildman–Crippen LogP) is 2.04. The Kier molecular flexibility index (Phi) is 4.47. The number of rotatable bonds is 5. The molecule has 0 aliphatic rings. The van der Waals surface area contributed by atoms with E-state index < -0.39 is 5.97 Å². The molecule has 1 amide bonds. The van der Waals surface area contributed by atoms with Gasteiger partial charge in [0.25, 0.3) is 0 Å². The standard InChI is InChI=1S/C14H14N2O3S/c1-16(8-10-5-3-2-4-6-10)13(17)7-12-15-11(9-20-12)14(18)19/h2-6,9H,7-8H2,1H3,(H,18,19). The van der Waals surface area contributed by atoms with Crippen molar-refractivity contribution in [1.82, 2.24) is 9.88 Å². The summed E-state index contributed by atoms with van der Waals surface area (Å²) < 4.78 is 0. The zero-order valence-corrected chi connectivity index (χ0v) is 11.8. The Balaban J connectivity index is 1.95. The highest BCUT2D eigenvalue weighted by Crippen LogP contribution is 2.12. The molecule has 1 aromatic carbocycles. The fourth-order valence-electron chi connectivity index (χ4n) is 1.70. The number of thiazole rings is 1. The minimum Gasteiger partial charge on any atom is -0.476 e. The average molecular weight is 290 g/mol. The van der Waals surface area contributed by atoms with E-state index in [-0.39, 0.29) is 18.0 Å². The minimum atomic E-state index is -1.07. The summed E-state index contributed by atoms with van der Waals surface area (Å²) in [7, 11) is 1.72. The van der Waals surface area contributed by atoms with Crippen LogP contribution in [0.2, 0.25) is 0 Å². The summed E-state index contributed by atoms with van der Waals surface area (Å²) in [6.07, 6.45) is 0.126. The fourth-order valence-corrected chi connectivity index (χ4v) is 2.46. The Morgan fingerprint density at radius 2 is 2.00 bits per heavy atom. The fraction of sp³-hybridized carbons (Fsp3) is 0.214. The molecule has 0 spiro atoms. The largest absolute Gasteiger partial charge is 0.476 e. The molecule has 0 saturated heterocycles. The average Bonchev–Trinajstić information content (AvgIpc) is 2.88. The molecule has 0 aliphatic heterocycles. The number of aromatic nitrogens is 1. The van der Waals surface area contributed by atoms with Gasteiger partial charge in [0, 0.05) is 19.0 Å². The van der Waals surface area contributed by atoms with Crippen molar-refractivity contribution in [2.75, 3.05) is 7.05 Å². The number of carboxylic acids is 1. The van der Waals surface area contributed by atoms with Crippen molar-refractivity contribution in [3.8, 4) is 0 Å². The molecule has 1 aromatic heterocycles. The zero-order valence-electron chi connectivity index (χ0n) is 10.9. The van der Waals surface area contributed by atoms with Gasteiger partial charge in [0.1, 0.15) is 5.01 Å². The number of aromatic carboxylic acids is 1. The van der Waals surface area contributed by atoms with Gasteiger partial charge in [-0.2, -0.15) is 0 Å². The first-order chi connectivity index (χ1) is 9.56. The molecule has 0 bridgehead atoms. The molecule has 6 heteroatoms. The van der Waals surface area contributed by atoms with Gasteiger partial charge in [0.05, 0.1) is 6.42 Å². The summed E-state index contributed by atoms with van der Waals surface area (Å²) in [5, 5.41) is 10.8. The quantitative estimate of drug-likeness (QED) is 0.915. The van der Waals surface area contributed by atoms with Crippen molar-refractivity contribution >= 4 is 23.2 Å². The van der Waals surface area contributed by atoms with Crippen LogP contribution in [0, 0.1) is 0 Å². The molecule has 0 aliphatic carbocycles. The van der Waals surface area contributed by atoms with Gasteiger partial charge in [-0.3, -0.25) is 4.79 Å². The van der Waals surface area contributed by atoms with E-state index in [0.717, 1.165) is 5.56 Å². The number of likely N-dealkylation sites (N-methyl/N-ethyl adjacent to an activating group) is 1. The van der Waals surface area contributed by atoms with Crippen LogP contribution in [0.25, 0.3) is 0 Å². The van der Waals surface area contributed by atoms with Gasteiger partial charge in [-0.05, 0) is 5.56 Å². The second kappa shape index (κ2) is 6.29. The Bertz CT molecular complexity index is 610. The molecule has 0 fully saturated rings. The molecule has 1 N–H and O–H groups in total. The van der Waals surface area contributed by atoms with Crippen LogP contribution in [0.5, 0.6) is 0 Å². The summed E-state index contributed by atoms with van der Waals surface area (Å²) in [6.45, 7) is 0.525. The second-order valence-electron chi connectivity index (χ2n) is 4.34. The molecular weight excluding hydrogens is 276 g/mol. The lowest BCUT2D eigenvalue weighted by atomic mass is 10.2. The van der Waals surface area contributed by atoms with Gasteiger partial charge in [0.15, 0.2) is 5.69 Å². The van der Waals surface area contributed by atoms with Crippen LogP contribution in [0.1, 0.15) is 21.1 Å². The van der Waals surface area contributed by atoms with E-state index in [1.807, 2.05) is 30.3 Å². The van der Waals surface area contributed by atoms with Crippen LogP contribution >= 0.6 is 11.3 Å². The highest BCUT2D eigenvalue weighted by Gasteiger charge is 2.14. The summed E-state index contributed by atoms with van der Waals surface area (Å²) >= 11 is 1.19. The molecule has 5 nitrogen and oxygen atoms in total. The Labute approximate surface area is 120 Å². The SMILES string of the molecule is CN(Cc1ccccc1)C(=O)Cc1nc(C(=O)O)cs1. The summed E-state index contributed by atoms with van der Waals surface area (Å²) in [4.78, 5) is 28.3. The van der Waals surface area contributed by atoms with Crippen molar-refractivity contribution in [3.63, 3.8) is 0 Å². The number of benzene rings is 1. The molecule has 2 rings (SSSR count). The molecule has 104 valence electrons. The number of carboxylic acid groups (broad SMARTS) is 1. The Morgan fingerprint density at radius 1 is 1.30 bits per heavy atom. The maximum Gasteiger partial charge on any atom is 0.355 e. The summed E-state index contributed by atoms with van der Waals surface area (Å²) in [5.74, 6) is -1.15. The molecule has 0 unspecified atom stereocenters. The monoisotopic (exact) mass is 290 g/mol. The number of carbonyl (C=O) groups is 2. The Morgan fingerprint density at radius 3 is 2.60 bits per heavy atom. The third-order valence-electron chi connectivity index (χ3n) is 2.76. The van der Waals surface area contributed by atoms with Crippen molar-refractivity contribution in [3.05, 3.63) is 52.0 Å². The van der Waals surface area contributed by atoms with E-state index in [9.17, 15) is 9.59 Å². The highest BCUT2D eigenvalue weighted by molar-refractivity contribution is 7.09. The number of carbonyl (C=O) groups excluding carboxylic acids is 1. The maximum absolute atomic E-state index is 12.0. The summed E-state index contributed by atoms with van der Waals surface area (Å²) in [5.41, 5.74) is 1.04. The van der Waals surface area contributed by atoms with Gasteiger partial charge in [-0.1, -0.05) is 30.3 Å². The van der Waals surface area contributed by atoms with E-state index >= 15 is 0 Å². The van der Waals surface area contributed by atoms with E-state index in [0.29, 0.717) is 11.6 Å². The van der Waals surface area contributed by atoms with Crippen molar-refractivity contribution in [2.24, 2.45) is 0 Å². The molecule has 0 radical (unpaired) electrons. The van der Waals surface area contributed by atoms with Crippen LogP contribution in [-0.4, -0.2) is 33.9 Å². The lowest BCUT2D eigenvalue weighted by Crippen LogP contribution is -2.27. The van der Waals surface area contributed by atoms with Crippen LogP contribution in [-0.2, 0) is 17.8 Å². The molecule has 1 heterocycles. The van der Waals surface area contributed by atoms with Gasteiger partial charge in [-0.25, -0.2) is 9.78 Å². The molecular formula is C14H14N2O3S. The normalized spacial score (nSPS) is 10.2. The van der Waals surface area contributed by atoms with Crippen molar-refractivity contribution in [1.29, 1.82) is 0 Å². The number of amides is 1. The van der Waals surface area contributed by atoms with Crippen LogP contribution < -0.4 is 0 Å². The highest BCUT2D eigenvalue weighted by atomic mass is 32.1. The molecule has 20 heavy (non-hydrogen) atoms. The van der Waals surface area contributed by atoms with Crippen LogP contribution in [0.4, 0.5) is 0 Å². The van der Waals surface area contributed by atoms with E-state index in [1.54, 1.807) is 11.9 Å². The first-order valence-corrected chi connectivity index (χ1v) is 6.90. The van der Waals surface area contributed by atoms with E-state index in [2.05, 4.69) is 4.98 Å². The smallest absolute Gasteiger partial charge is 0.355 e. The van der Waals surface area contributed by atoms with Crippen LogP contribution in [0.3, 0.4) is 0 Å². The van der Waals surface area contributed by atoms with Gasteiger partial charge in [-0.15, -0.1) is 11.3 Å². The predicted molar refractivity (Wildman–Crippen MR) is 75.7 cm³/mol. The minimum absolute atomic E-state index is 0.0106. The first kappa shape index (κ1) is 14.2. The molecule has 0 saturated carbocycles. The lowest BCUT2D eigenvalue weighted by molar-refractivity contribution is -0.129. The van der Waals surface area contributed by atoms with E-state index in [4.69, 9.17) is 5.11 Å². The zero-order chi connectivity index (χ0) is 14.5. The molecule has 0 atom stereocenters. The van der Waals surface area contributed by atoms with E-state index in [1.165, 1.54) is 16.7 Å². The first-order valence-electron chi connectivity index (χ1n) is 6.02. The molecule has 2 aromatic rings. The third kappa shape index (κ3) is 3.64. The lowest BCUT2D eigenvalue weighted by Gasteiger charge is -2.16. The summed E-state index contributed by atoms with van der Waals surface area (Å²) in [6, 6.07) is 9.68. The number of hydrogen-bond donors (Lipinski definition) is 1. The Hall–Kier alpha value is -2.21. The van der Waals surface area contributed by atoms with Gasteiger partial charge < -0.3 is 10.0 Å². The van der Waals surface area contributed by atoms with Crippen molar-refractivity contribution in [2.45, 2.75) is 13.0 Å². The topological polar surface area (TPSA) is 70.5 Å². The number of nitrogens with zero attached hydrogens (tertiary/aromatic N) is 2.